The Kier molecular flexibility index (Phi) is 4.94. The van der Waals surface area contributed by atoms with Gasteiger partial charge in [-0.1, -0.05) is 11.2 Å². The van der Waals surface area contributed by atoms with Crippen LogP contribution in [0.1, 0.15) is 47.3 Å². The number of piperidine rings is 1. The molecule has 128 valence electrons. The highest BCUT2D eigenvalue weighted by Crippen LogP contribution is 2.24. The van der Waals surface area contributed by atoms with E-state index >= 15 is 0 Å². The summed E-state index contributed by atoms with van der Waals surface area (Å²) in [5, 5.41) is 5.58. The summed E-state index contributed by atoms with van der Waals surface area (Å²) >= 11 is 1.43. The molecule has 7 nitrogen and oxygen atoms in total. The fourth-order valence-corrected chi connectivity index (χ4v) is 3.36. The van der Waals surface area contributed by atoms with Crippen molar-refractivity contribution in [2.45, 2.75) is 32.8 Å². The van der Waals surface area contributed by atoms with Crippen LogP contribution in [0.15, 0.2) is 22.0 Å². The number of esters is 1. The number of nitrogens with zero attached hydrogens (tertiary/aromatic N) is 3. The van der Waals surface area contributed by atoms with Crippen LogP contribution in [-0.2, 0) is 9.53 Å². The number of likely N-dealkylation sites (tertiary alicyclic amines) is 1. The Morgan fingerprint density at radius 3 is 2.75 bits per heavy atom. The molecule has 0 N–H and O–H groups in total. The maximum Gasteiger partial charge on any atom is 0.309 e. The molecule has 1 amide bonds. The average molecular weight is 349 g/mol. The molecule has 8 heteroatoms. The van der Waals surface area contributed by atoms with Crippen molar-refractivity contribution in [3.05, 3.63) is 34.1 Å². The Morgan fingerprint density at radius 1 is 1.42 bits per heavy atom. The van der Waals surface area contributed by atoms with E-state index in [9.17, 15) is 9.59 Å². The second-order valence-corrected chi connectivity index (χ2v) is 6.75. The van der Waals surface area contributed by atoms with E-state index in [1.165, 1.54) is 11.3 Å². The first-order valence-electron chi connectivity index (χ1n) is 7.88. The van der Waals surface area contributed by atoms with Crippen LogP contribution in [0, 0.1) is 12.8 Å². The standard InChI is InChI=1S/C16H19N3O4S/c1-10(14-17-11(2)18-23-14)22-16(21)12-5-7-19(8-6-12)15(20)13-4-3-9-24-13/h3-4,9-10,12H,5-8H2,1-2H3. The van der Waals surface area contributed by atoms with Gasteiger partial charge in [-0.2, -0.15) is 4.98 Å². The molecule has 1 atom stereocenters. The summed E-state index contributed by atoms with van der Waals surface area (Å²) in [6.45, 7) is 4.54. The highest BCUT2D eigenvalue weighted by atomic mass is 32.1. The molecule has 1 aliphatic heterocycles. The Balaban J connectivity index is 1.51. The summed E-state index contributed by atoms with van der Waals surface area (Å²) in [4.78, 5) is 31.2. The maximum atomic E-state index is 12.3. The minimum Gasteiger partial charge on any atom is -0.452 e. The van der Waals surface area contributed by atoms with Gasteiger partial charge in [-0.25, -0.2) is 0 Å². The van der Waals surface area contributed by atoms with Gasteiger partial charge in [0, 0.05) is 13.1 Å². The fraction of sp³-hybridized carbons (Fsp3) is 0.500. The predicted octanol–water partition coefficient (Wildman–Crippen LogP) is 2.60. The highest BCUT2D eigenvalue weighted by Gasteiger charge is 2.30. The number of rotatable bonds is 4. The number of aromatic nitrogens is 2. The van der Waals surface area contributed by atoms with Crippen LogP contribution < -0.4 is 0 Å². The van der Waals surface area contributed by atoms with Gasteiger partial charge in [0.1, 0.15) is 0 Å². The van der Waals surface area contributed by atoms with Crippen molar-refractivity contribution in [2.24, 2.45) is 5.92 Å². The van der Waals surface area contributed by atoms with Crippen molar-refractivity contribution < 1.29 is 18.8 Å². The van der Waals surface area contributed by atoms with E-state index in [0.717, 1.165) is 4.88 Å². The lowest BCUT2D eigenvalue weighted by Crippen LogP contribution is -2.40. The number of hydrogen-bond donors (Lipinski definition) is 0. The number of ether oxygens (including phenoxy) is 1. The largest absolute Gasteiger partial charge is 0.452 e. The van der Waals surface area contributed by atoms with E-state index in [-0.39, 0.29) is 17.8 Å². The molecule has 0 saturated carbocycles. The lowest BCUT2D eigenvalue weighted by Gasteiger charge is -2.31. The van der Waals surface area contributed by atoms with Crippen molar-refractivity contribution in [2.75, 3.05) is 13.1 Å². The number of amides is 1. The van der Waals surface area contributed by atoms with Gasteiger partial charge in [0.05, 0.1) is 10.8 Å². The van der Waals surface area contributed by atoms with Crippen LogP contribution in [0.5, 0.6) is 0 Å². The van der Waals surface area contributed by atoms with Crippen molar-refractivity contribution in [1.82, 2.24) is 15.0 Å². The van der Waals surface area contributed by atoms with Gasteiger partial charge in [-0.15, -0.1) is 11.3 Å². The molecular formula is C16H19N3O4S. The van der Waals surface area contributed by atoms with Crippen LogP contribution in [0.2, 0.25) is 0 Å². The molecule has 0 aromatic carbocycles. The summed E-state index contributed by atoms with van der Waals surface area (Å²) in [6.07, 6.45) is 0.640. The van der Waals surface area contributed by atoms with Crippen molar-refractivity contribution >= 4 is 23.2 Å². The minimum atomic E-state index is -0.565. The first-order chi connectivity index (χ1) is 11.5. The number of carbonyl (C=O) groups is 2. The number of carbonyl (C=O) groups excluding carboxylic acids is 2. The molecule has 0 bridgehead atoms. The zero-order valence-corrected chi connectivity index (χ0v) is 14.4. The molecule has 24 heavy (non-hydrogen) atoms. The highest BCUT2D eigenvalue weighted by molar-refractivity contribution is 7.12. The first kappa shape index (κ1) is 16.6. The van der Waals surface area contributed by atoms with Crippen molar-refractivity contribution in [3.63, 3.8) is 0 Å². The van der Waals surface area contributed by atoms with Crippen LogP contribution in [0.25, 0.3) is 0 Å². The summed E-state index contributed by atoms with van der Waals surface area (Å²) in [7, 11) is 0. The van der Waals surface area contributed by atoms with Gasteiger partial charge in [-0.05, 0) is 38.1 Å². The Hall–Kier alpha value is -2.22. The molecule has 0 aliphatic carbocycles. The van der Waals surface area contributed by atoms with Crippen LogP contribution in [0.3, 0.4) is 0 Å². The number of aryl methyl sites for hydroxylation is 1. The normalized spacial score (nSPS) is 16.8. The van der Waals surface area contributed by atoms with E-state index < -0.39 is 6.10 Å². The molecule has 0 radical (unpaired) electrons. The molecule has 1 aliphatic rings. The van der Waals surface area contributed by atoms with Gasteiger partial charge < -0.3 is 14.2 Å². The summed E-state index contributed by atoms with van der Waals surface area (Å²) < 4.78 is 10.4. The molecule has 1 fully saturated rings. The third-order valence-corrected chi connectivity index (χ3v) is 4.89. The molecule has 0 spiro atoms. The van der Waals surface area contributed by atoms with Crippen molar-refractivity contribution in [1.29, 1.82) is 0 Å². The molecule has 1 unspecified atom stereocenters. The van der Waals surface area contributed by atoms with Gasteiger partial charge in [0.15, 0.2) is 11.9 Å². The zero-order chi connectivity index (χ0) is 17.1. The summed E-state index contributed by atoms with van der Waals surface area (Å²) in [5.74, 6) is 0.358. The van der Waals surface area contributed by atoms with Gasteiger partial charge in [0.25, 0.3) is 11.8 Å². The zero-order valence-electron chi connectivity index (χ0n) is 13.6. The third-order valence-electron chi connectivity index (χ3n) is 4.03. The Labute approximate surface area is 143 Å². The van der Waals surface area contributed by atoms with E-state index in [1.807, 2.05) is 17.5 Å². The summed E-state index contributed by atoms with van der Waals surface area (Å²) in [5.41, 5.74) is 0. The van der Waals surface area contributed by atoms with Crippen LogP contribution in [0.4, 0.5) is 0 Å². The van der Waals surface area contributed by atoms with Gasteiger partial charge in [-0.3, -0.25) is 9.59 Å². The van der Waals surface area contributed by atoms with Crippen LogP contribution in [-0.4, -0.2) is 40.0 Å². The maximum absolute atomic E-state index is 12.3. The SMILES string of the molecule is Cc1noc(C(C)OC(=O)C2CCN(C(=O)c3cccs3)CC2)n1. The third kappa shape index (κ3) is 3.64. The average Bonchev–Trinajstić information content (AvgIpc) is 3.26. The lowest BCUT2D eigenvalue weighted by atomic mass is 9.97. The second kappa shape index (κ2) is 7.12. The topological polar surface area (TPSA) is 85.5 Å². The lowest BCUT2D eigenvalue weighted by molar-refractivity contribution is -0.156. The van der Waals surface area contributed by atoms with E-state index in [4.69, 9.17) is 9.26 Å². The molecule has 1 saturated heterocycles. The number of thiophene rings is 1. The smallest absolute Gasteiger partial charge is 0.309 e. The predicted molar refractivity (Wildman–Crippen MR) is 86.5 cm³/mol. The first-order valence-corrected chi connectivity index (χ1v) is 8.76. The number of hydrogen-bond acceptors (Lipinski definition) is 7. The molecule has 3 rings (SSSR count). The minimum absolute atomic E-state index is 0.0338. The van der Waals surface area contributed by atoms with Crippen molar-refractivity contribution in [3.8, 4) is 0 Å². The Morgan fingerprint density at radius 2 is 2.17 bits per heavy atom. The van der Waals surface area contributed by atoms with E-state index in [0.29, 0.717) is 37.6 Å². The monoisotopic (exact) mass is 349 g/mol. The second-order valence-electron chi connectivity index (χ2n) is 5.80. The van der Waals surface area contributed by atoms with E-state index in [2.05, 4.69) is 10.1 Å². The summed E-state index contributed by atoms with van der Waals surface area (Å²) in [6, 6.07) is 3.68. The molecule has 2 aromatic heterocycles. The van der Waals surface area contributed by atoms with Gasteiger partial charge >= 0.3 is 5.97 Å². The molecular weight excluding hydrogens is 330 g/mol. The quantitative estimate of drug-likeness (QED) is 0.789. The Bertz CT molecular complexity index is 705. The molecule has 2 aromatic rings. The van der Waals surface area contributed by atoms with Gasteiger partial charge in [0.2, 0.25) is 0 Å². The fourth-order valence-electron chi connectivity index (χ4n) is 2.67. The molecule has 3 heterocycles. The van der Waals surface area contributed by atoms with Crippen LogP contribution >= 0.6 is 11.3 Å². The van der Waals surface area contributed by atoms with E-state index in [1.54, 1.807) is 18.7 Å².